The van der Waals surface area contributed by atoms with E-state index in [2.05, 4.69) is 26.6 Å². The average molecular weight is 367 g/mol. The first kappa shape index (κ1) is 17.1. The summed E-state index contributed by atoms with van der Waals surface area (Å²) in [5, 5.41) is 20.7. The number of aromatic nitrogens is 3. The summed E-state index contributed by atoms with van der Waals surface area (Å²) in [7, 11) is 0. The summed E-state index contributed by atoms with van der Waals surface area (Å²) in [6.45, 7) is 0. The van der Waals surface area contributed by atoms with Crippen molar-refractivity contribution in [2.75, 3.05) is 11.1 Å². The highest BCUT2D eigenvalue weighted by Crippen LogP contribution is 2.24. The van der Waals surface area contributed by atoms with Gasteiger partial charge in [-0.1, -0.05) is 29.5 Å². The van der Waals surface area contributed by atoms with Crippen LogP contribution in [0, 0.1) is 11.3 Å². The Bertz CT molecular complexity index is 887. The predicted octanol–water partition coefficient (Wildman–Crippen LogP) is 3.34. The molecule has 1 amide bonds. The van der Waals surface area contributed by atoms with E-state index in [0.29, 0.717) is 27.2 Å². The Morgan fingerprint density at radius 1 is 1.20 bits per heavy atom. The molecule has 6 nitrogen and oxygen atoms in total. The number of nitrogens with one attached hydrogen (secondary N) is 1. The summed E-state index contributed by atoms with van der Waals surface area (Å²) in [6, 6.07) is 15.0. The van der Waals surface area contributed by atoms with E-state index in [1.165, 1.54) is 23.1 Å². The van der Waals surface area contributed by atoms with Crippen molar-refractivity contribution in [2.45, 2.75) is 5.75 Å². The van der Waals surface area contributed by atoms with Gasteiger partial charge in [0.2, 0.25) is 11.0 Å². The minimum Gasteiger partial charge on any atom is -0.300 e. The number of benzene rings is 1. The zero-order chi connectivity index (χ0) is 17.5. The first-order valence-electron chi connectivity index (χ1n) is 7.36. The molecule has 0 aliphatic rings. The lowest BCUT2D eigenvalue weighted by molar-refractivity contribution is -0.113. The second-order valence-electron chi connectivity index (χ2n) is 4.98. The molecular formula is C17H13N5OS2. The van der Waals surface area contributed by atoms with Gasteiger partial charge in [-0.05, 0) is 29.8 Å². The fraction of sp³-hybridized carbons (Fsp3) is 0.118. The second-order valence-corrected chi connectivity index (χ2v) is 6.94. The summed E-state index contributed by atoms with van der Waals surface area (Å²) < 4.78 is 0. The molecule has 25 heavy (non-hydrogen) atoms. The molecule has 0 fully saturated rings. The van der Waals surface area contributed by atoms with Crippen LogP contribution in [0.2, 0.25) is 0 Å². The van der Waals surface area contributed by atoms with E-state index < -0.39 is 0 Å². The van der Waals surface area contributed by atoms with Crippen LogP contribution in [-0.4, -0.2) is 26.8 Å². The Kier molecular flexibility index (Phi) is 5.72. The highest BCUT2D eigenvalue weighted by molar-refractivity contribution is 7.99. The number of hydrogen-bond donors (Lipinski definition) is 1. The molecule has 0 aliphatic carbocycles. The molecule has 0 saturated carbocycles. The lowest BCUT2D eigenvalue weighted by Gasteiger charge is -2.02. The molecule has 0 atom stereocenters. The number of pyridine rings is 1. The summed E-state index contributed by atoms with van der Waals surface area (Å²) in [4.78, 5) is 16.2. The summed E-state index contributed by atoms with van der Waals surface area (Å²) >= 11 is 2.79. The Labute approximate surface area is 153 Å². The fourth-order valence-corrected chi connectivity index (χ4v) is 3.48. The van der Waals surface area contributed by atoms with Crippen molar-refractivity contribution in [3.63, 3.8) is 0 Å². The van der Waals surface area contributed by atoms with Crippen LogP contribution < -0.4 is 5.32 Å². The number of nitriles is 1. The van der Waals surface area contributed by atoms with Gasteiger partial charge in [-0.2, -0.15) is 5.26 Å². The maximum atomic E-state index is 12.0. The van der Waals surface area contributed by atoms with Gasteiger partial charge in [0, 0.05) is 11.9 Å². The van der Waals surface area contributed by atoms with Crippen LogP contribution in [0.1, 0.15) is 11.1 Å². The summed E-state index contributed by atoms with van der Waals surface area (Å²) in [5.41, 5.74) is 2.44. The lowest BCUT2D eigenvalue weighted by atomic mass is 10.2. The number of rotatable bonds is 6. The Hall–Kier alpha value is -2.76. The van der Waals surface area contributed by atoms with Gasteiger partial charge >= 0.3 is 0 Å². The molecule has 1 aromatic carbocycles. The van der Waals surface area contributed by atoms with Crippen LogP contribution in [-0.2, 0) is 10.5 Å². The van der Waals surface area contributed by atoms with Gasteiger partial charge in [-0.3, -0.25) is 15.1 Å². The van der Waals surface area contributed by atoms with Crippen molar-refractivity contribution < 1.29 is 4.79 Å². The van der Waals surface area contributed by atoms with Gasteiger partial charge in [0.1, 0.15) is 5.69 Å². The van der Waals surface area contributed by atoms with Crippen LogP contribution in [0.4, 0.5) is 5.13 Å². The van der Waals surface area contributed by atoms with Crippen molar-refractivity contribution in [3.05, 3.63) is 59.8 Å². The molecule has 0 spiro atoms. The van der Waals surface area contributed by atoms with E-state index in [1.54, 1.807) is 18.3 Å². The van der Waals surface area contributed by atoms with Gasteiger partial charge < -0.3 is 0 Å². The van der Waals surface area contributed by atoms with Gasteiger partial charge in [0.05, 0.1) is 17.4 Å². The van der Waals surface area contributed by atoms with Gasteiger partial charge in [-0.25, -0.2) is 0 Å². The SMILES string of the molecule is N#Cc1ccc(CSCC(=O)Nc2nnc(-c3ccccn3)s2)cc1. The molecule has 8 heteroatoms. The molecule has 3 aromatic rings. The zero-order valence-corrected chi connectivity index (χ0v) is 14.7. The van der Waals surface area contributed by atoms with E-state index >= 15 is 0 Å². The highest BCUT2D eigenvalue weighted by atomic mass is 32.2. The van der Waals surface area contributed by atoms with Crippen LogP contribution in [0.15, 0.2) is 48.7 Å². The van der Waals surface area contributed by atoms with E-state index in [1.807, 2.05) is 30.3 Å². The predicted molar refractivity (Wildman–Crippen MR) is 99.1 cm³/mol. The topological polar surface area (TPSA) is 91.6 Å². The third kappa shape index (κ3) is 4.86. The quantitative estimate of drug-likeness (QED) is 0.718. The van der Waals surface area contributed by atoms with E-state index in [0.717, 1.165) is 11.3 Å². The lowest BCUT2D eigenvalue weighted by Crippen LogP contribution is -2.13. The minimum absolute atomic E-state index is 0.123. The minimum atomic E-state index is -0.123. The molecule has 2 heterocycles. The Morgan fingerprint density at radius 3 is 2.76 bits per heavy atom. The number of carbonyl (C=O) groups is 1. The molecule has 1 N–H and O–H groups in total. The second kappa shape index (κ2) is 8.37. The third-order valence-electron chi connectivity index (χ3n) is 3.14. The van der Waals surface area contributed by atoms with Crippen molar-refractivity contribution in [1.82, 2.24) is 15.2 Å². The fourth-order valence-electron chi connectivity index (χ4n) is 1.96. The van der Waals surface area contributed by atoms with Crippen LogP contribution in [0.5, 0.6) is 0 Å². The number of anilines is 1. The molecule has 0 saturated heterocycles. The standard InChI is InChI=1S/C17H13N5OS2/c18-9-12-4-6-13(7-5-12)10-24-11-15(23)20-17-22-21-16(25-17)14-3-1-2-8-19-14/h1-8H,10-11H2,(H,20,22,23). The molecular weight excluding hydrogens is 354 g/mol. The number of hydrogen-bond acceptors (Lipinski definition) is 7. The van der Waals surface area contributed by atoms with Gasteiger partial charge in [0.25, 0.3) is 0 Å². The summed E-state index contributed by atoms with van der Waals surface area (Å²) in [6.07, 6.45) is 1.69. The van der Waals surface area contributed by atoms with Gasteiger partial charge in [-0.15, -0.1) is 22.0 Å². The molecule has 124 valence electrons. The van der Waals surface area contributed by atoms with Gasteiger partial charge in [0.15, 0.2) is 5.01 Å². The molecule has 2 aromatic heterocycles. The van der Waals surface area contributed by atoms with E-state index in [-0.39, 0.29) is 5.91 Å². The average Bonchev–Trinajstić information content (AvgIpc) is 3.11. The maximum absolute atomic E-state index is 12.0. The Morgan fingerprint density at radius 2 is 2.04 bits per heavy atom. The molecule has 3 rings (SSSR count). The maximum Gasteiger partial charge on any atom is 0.236 e. The largest absolute Gasteiger partial charge is 0.300 e. The van der Waals surface area contributed by atoms with E-state index in [9.17, 15) is 4.79 Å². The zero-order valence-electron chi connectivity index (χ0n) is 13.0. The van der Waals surface area contributed by atoms with Crippen molar-refractivity contribution >= 4 is 34.1 Å². The van der Waals surface area contributed by atoms with Crippen molar-refractivity contribution in [1.29, 1.82) is 5.26 Å². The normalized spacial score (nSPS) is 10.2. The third-order valence-corrected chi connectivity index (χ3v) is 5.01. The van der Waals surface area contributed by atoms with Crippen LogP contribution >= 0.6 is 23.1 Å². The number of nitrogens with zero attached hydrogens (tertiary/aromatic N) is 4. The monoisotopic (exact) mass is 367 g/mol. The number of carbonyl (C=O) groups excluding carboxylic acids is 1. The number of amides is 1. The first-order valence-corrected chi connectivity index (χ1v) is 9.33. The molecule has 0 aliphatic heterocycles. The molecule has 0 unspecified atom stereocenters. The molecule has 0 radical (unpaired) electrons. The van der Waals surface area contributed by atoms with Crippen molar-refractivity contribution in [3.8, 4) is 16.8 Å². The summed E-state index contributed by atoms with van der Waals surface area (Å²) in [5.74, 6) is 0.898. The first-order chi connectivity index (χ1) is 12.2. The van der Waals surface area contributed by atoms with Crippen LogP contribution in [0.25, 0.3) is 10.7 Å². The number of thioether (sulfide) groups is 1. The van der Waals surface area contributed by atoms with Crippen molar-refractivity contribution in [2.24, 2.45) is 0 Å². The molecule has 0 bridgehead atoms. The van der Waals surface area contributed by atoms with E-state index in [4.69, 9.17) is 5.26 Å². The van der Waals surface area contributed by atoms with Crippen LogP contribution in [0.3, 0.4) is 0 Å². The Balaban J connectivity index is 1.48. The highest BCUT2D eigenvalue weighted by Gasteiger charge is 2.10. The smallest absolute Gasteiger partial charge is 0.236 e.